The first-order chi connectivity index (χ1) is 11.7. The number of halogens is 1. The van der Waals surface area contributed by atoms with Crippen LogP contribution < -0.4 is 5.32 Å². The van der Waals surface area contributed by atoms with Gasteiger partial charge in [0, 0.05) is 19.4 Å². The fourth-order valence-electron chi connectivity index (χ4n) is 2.17. The smallest absolute Gasteiger partial charge is 0.227 e. The van der Waals surface area contributed by atoms with E-state index in [-0.39, 0.29) is 18.1 Å². The number of nitrogens with zero attached hydrogens (tertiary/aromatic N) is 2. The van der Waals surface area contributed by atoms with Gasteiger partial charge in [-0.05, 0) is 35.6 Å². The lowest BCUT2D eigenvalue weighted by Crippen LogP contribution is -2.25. The Bertz CT molecular complexity index is 785. The second-order valence-electron chi connectivity index (χ2n) is 5.22. The van der Waals surface area contributed by atoms with Gasteiger partial charge in [0.1, 0.15) is 5.82 Å². The van der Waals surface area contributed by atoms with Crippen LogP contribution in [0.3, 0.4) is 0 Å². The van der Waals surface area contributed by atoms with E-state index in [1.807, 2.05) is 17.5 Å². The van der Waals surface area contributed by atoms with Crippen molar-refractivity contribution >= 4 is 17.2 Å². The van der Waals surface area contributed by atoms with Crippen LogP contribution in [-0.2, 0) is 17.6 Å². The normalized spacial score (nSPS) is 10.7. The molecule has 0 unspecified atom stereocenters. The standard InChI is InChI=1S/C17H16FN3O2S/c18-13-5-3-12(4-6-13)9-10-19-15(22)7-8-16-20-17(21-23-16)14-2-1-11-24-14/h1-6,11H,7-10H2,(H,19,22). The number of benzene rings is 1. The van der Waals surface area contributed by atoms with Crippen LogP contribution in [0.4, 0.5) is 4.39 Å². The minimum Gasteiger partial charge on any atom is -0.356 e. The van der Waals surface area contributed by atoms with E-state index in [0.717, 1.165) is 10.4 Å². The highest BCUT2D eigenvalue weighted by Gasteiger charge is 2.11. The highest BCUT2D eigenvalue weighted by Crippen LogP contribution is 2.21. The summed E-state index contributed by atoms with van der Waals surface area (Å²) in [6.45, 7) is 0.509. The van der Waals surface area contributed by atoms with E-state index in [1.165, 1.54) is 23.5 Å². The molecule has 0 aliphatic rings. The quantitative estimate of drug-likeness (QED) is 0.714. The molecule has 2 aromatic heterocycles. The Labute approximate surface area is 142 Å². The van der Waals surface area contributed by atoms with Crippen LogP contribution in [0.1, 0.15) is 17.9 Å². The number of aromatic nitrogens is 2. The molecule has 1 aromatic carbocycles. The molecule has 7 heteroatoms. The summed E-state index contributed by atoms with van der Waals surface area (Å²) in [6.07, 6.45) is 1.35. The molecule has 0 saturated heterocycles. The number of hydrogen-bond acceptors (Lipinski definition) is 5. The zero-order chi connectivity index (χ0) is 16.8. The van der Waals surface area contributed by atoms with Gasteiger partial charge in [-0.15, -0.1) is 11.3 Å². The summed E-state index contributed by atoms with van der Waals surface area (Å²) in [5.41, 5.74) is 0.981. The number of nitrogens with one attached hydrogen (secondary N) is 1. The summed E-state index contributed by atoms with van der Waals surface area (Å²) < 4.78 is 18.0. The zero-order valence-corrected chi connectivity index (χ0v) is 13.7. The Morgan fingerprint density at radius 2 is 2.04 bits per heavy atom. The van der Waals surface area contributed by atoms with Crippen LogP contribution in [0.25, 0.3) is 10.7 Å². The van der Waals surface area contributed by atoms with Crippen LogP contribution in [0.5, 0.6) is 0 Å². The highest BCUT2D eigenvalue weighted by atomic mass is 32.1. The van der Waals surface area contributed by atoms with Crippen molar-refractivity contribution in [1.29, 1.82) is 0 Å². The molecular weight excluding hydrogens is 329 g/mol. The van der Waals surface area contributed by atoms with Gasteiger partial charge in [0.25, 0.3) is 0 Å². The zero-order valence-electron chi connectivity index (χ0n) is 12.9. The molecule has 1 N–H and O–H groups in total. The maximum Gasteiger partial charge on any atom is 0.227 e. The molecule has 124 valence electrons. The molecule has 2 heterocycles. The second-order valence-corrected chi connectivity index (χ2v) is 6.16. The summed E-state index contributed by atoms with van der Waals surface area (Å²) in [7, 11) is 0. The van der Waals surface area contributed by atoms with Crippen molar-refractivity contribution in [2.24, 2.45) is 0 Å². The highest BCUT2D eigenvalue weighted by molar-refractivity contribution is 7.13. The first kappa shape index (κ1) is 16.3. The van der Waals surface area contributed by atoms with Crippen molar-refractivity contribution in [3.8, 4) is 10.7 Å². The van der Waals surface area contributed by atoms with Gasteiger partial charge in [0.2, 0.25) is 17.6 Å². The van der Waals surface area contributed by atoms with Crippen molar-refractivity contribution in [2.75, 3.05) is 6.54 Å². The average molecular weight is 345 g/mol. The van der Waals surface area contributed by atoms with Crippen LogP contribution in [-0.4, -0.2) is 22.6 Å². The minimum atomic E-state index is -0.260. The van der Waals surface area contributed by atoms with Gasteiger partial charge in [0.15, 0.2) is 0 Å². The molecule has 3 aromatic rings. The third-order valence-corrected chi connectivity index (χ3v) is 4.29. The number of rotatable bonds is 7. The monoisotopic (exact) mass is 345 g/mol. The van der Waals surface area contributed by atoms with Crippen molar-refractivity contribution in [3.63, 3.8) is 0 Å². The first-order valence-electron chi connectivity index (χ1n) is 7.58. The molecule has 0 spiro atoms. The van der Waals surface area contributed by atoms with E-state index in [4.69, 9.17) is 4.52 Å². The Hall–Kier alpha value is -2.54. The molecule has 0 aliphatic heterocycles. The fraction of sp³-hybridized carbons (Fsp3) is 0.235. The number of amides is 1. The molecule has 0 radical (unpaired) electrons. The Morgan fingerprint density at radius 1 is 1.21 bits per heavy atom. The van der Waals surface area contributed by atoms with Crippen molar-refractivity contribution in [1.82, 2.24) is 15.5 Å². The number of thiophene rings is 1. The molecular formula is C17H16FN3O2S. The van der Waals surface area contributed by atoms with E-state index >= 15 is 0 Å². The number of carbonyl (C=O) groups is 1. The number of aryl methyl sites for hydroxylation is 1. The number of carbonyl (C=O) groups excluding carboxylic acids is 1. The molecule has 0 saturated carbocycles. The third-order valence-electron chi connectivity index (χ3n) is 3.42. The third kappa shape index (κ3) is 4.48. The largest absolute Gasteiger partial charge is 0.356 e. The Morgan fingerprint density at radius 3 is 2.79 bits per heavy atom. The summed E-state index contributed by atoms with van der Waals surface area (Å²) in [6, 6.07) is 10.1. The second kappa shape index (κ2) is 7.83. The fourth-order valence-corrected chi connectivity index (χ4v) is 2.82. The lowest BCUT2D eigenvalue weighted by molar-refractivity contribution is -0.121. The van der Waals surface area contributed by atoms with E-state index in [1.54, 1.807) is 12.1 Å². The van der Waals surface area contributed by atoms with Crippen molar-refractivity contribution in [3.05, 3.63) is 59.0 Å². The molecule has 0 fully saturated rings. The van der Waals surface area contributed by atoms with Crippen molar-refractivity contribution in [2.45, 2.75) is 19.3 Å². The van der Waals surface area contributed by atoms with E-state index in [9.17, 15) is 9.18 Å². The van der Waals surface area contributed by atoms with Gasteiger partial charge >= 0.3 is 0 Å². The summed E-state index contributed by atoms with van der Waals surface area (Å²) >= 11 is 1.54. The van der Waals surface area contributed by atoms with Crippen molar-refractivity contribution < 1.29 is 13.7 Å². The van der Waals surface area contributed by atoms with E-state index in [0.29, 0.717) is 31.1 Å². The Kier molecular flexibility index (Phi) is 5.32. The topological polar surface area (TPSA) is 68.0 Å². The van der Waals surface area contributed by atoms with Crippen LogP contribution in [0.2, 0.25) is 0 Å². The van der Waals surface area contributed by atoms with E-state index < -0.39 is 0 Å². The summed E-state index contributed by atoms with van der Waals surface area (Å²) in [4.78, 5) is 17.1. The maximum atomic E-state index is 12.8. The van der Waals surface area contributed by atoms with Gasteiger partial charge in [-0.25, -0.2) is 4.39 Å². The predicted octanol–water partition coefficient (Wildman–Crippen LogP) is 3.23. The summed E-state index contributed by atoms with van der Waals surface area (Å²) in [5.74, 6) is 0.668. The molecule has 3 rings (SSSR count). The van der Waals surface area contributed by atoms with Gasteiger partial charge in [-0.2, -0.15) is 4.98 Å². The predicted molar refractivity (Wildman–Crippen MR) is 89.0 cm³/mol. The molecule has 0 aliphatic carbocycles. The van der Waals surface area contributed by atoms with Gasteiger partial charge in [-0.1, -0.05) is 23.4 Å². The van der Waals surface area contributed by atoms with Crippen LogP contribution in [0.15, 0.2) is 46.3 Å². The molecule has 0 atom stereocenters. The lowest BCUT2D eigenvalue weighted by atomic mass is 10.1. The molecule has 24 heavy (non-hydrogen) atoms. The molecule has 0 bridgehead atoms. The van der Waals surface area contributed by atoms with Gasteiger partial charge in [-0.3, -0.25) is 4.79 Å². The molecule has 5 nitrogen and oxygen atoms in total. The number of hydrogen-bond donors (Lipinski definition) is 1. The SMILES string of the molecule is O=C(CCc1nc(-c2cccs2)no1)NCCc1ccc(F)cc1. The molecule has 1 amide bonds. The maximum absolute atomic E-state index is 12.8. The van der Waals surface area contributed by atoms with Gasteiger partial charge in [0.05, 0.1) is 4.88 Å². The first-order valence-corrected chi connectivity index (χ1v) is 8.46. The summed E-state index contributed by atoms with van der Waals surface area (Å²) in [5, 5.41) is 8.68. The van der Waals surface area contributed by atoms with Gasteiger partial charge < -0.3 is 9.84 Å². The lowest BCUT2D eigenvalue weighted by Gasteiger charge is -2.04. The minimum absolute atomic E-state index is 0.0759. The Balaban J connectivity index is 1.40. The average Bonchev–Trinajstić information content (AvgIpc) is 3.26. The van der Waals surface area contributed by atoms with Crippen LogP contribution >= 0.6 is 11.3 Å². The van der Waals surface area contributed by atoms with E-state index in [2.05, 4.69) is 15.5 Å². The van der Waals surface area contributed by atoms with Crippen LogP contribution in [0, 0.1) is 5.82 Å².